The number of carbonyl (C=O) groups is 1. The molecule has 1 aliphatic rings. The molecule has 0 heterocycles. The van der Waals surface area contributed by atoms with Crippen molar-refractivity contribution in [2.75, 3.05) is 0 Å². The smallest absolute Gasteiger partial charge is 0.343 e. The van der Waals surface area contributed by atoms with Crippen LogP contribution in [0.15, 0.2) is 36.4 Å². The molecule has 0 radical (unpaired) electrons. The lowest BCUT2D eigenvalue weighted by molar-refractivity contribution is 0.0726. The number of rotatable bonds is 5. The maximum absolute atomic E-state index is 13.9. The minimum absolute atomic E-state index is 0.271. The van der Waals surface area contributed by atoms with Gasteiger partial charge in [-0.3, -0.25) is 0 Å². The lowest BCUT2D eigenvalue weighted by Crippen LogP contribution is -2.14. The molecule has 3 nitrogen and oxygen atoms in total. The first-order chi connectivity index (χ1) is 13.5. The zero-order valence-corrected chi connectivity index (χ0v) is 15.9. The minimum Gasteiger partial charge on any atom is -0.420 e. The summed E-state index contributed by atoms with van der Waals surface area (Å²) in [5.74, 6) is -2.61. The molecule has 0 aliphatic heterocycles. The zero-order valence-electron chi connectivity index (χ0n) is 15.9. The van der Waals surface area contributed by atoms with Gasteiger partial charge < -0.3 is 4.74 Å². The lowest BCUT2D eigenvalue weighted by Gasteiger charge is -2.28. The maximum Gasteiger partial charge on any atom is 0.343 e. The molecule has 0 N–H and O–H groups in total. The van der Waals surface area contributed by atoms with Gasteiger partial charge in [0.05, 0.1) is 11.1 Å². The van der Waals surface area contributed by atoms with E-state index in [9.17, 15) is 13.6 Å². The van der Waals surface area contributed by atoms with Crippen molar-refractivity contribution < 1.29 is 18.3 Å². The molecule has 1 aliphatic carbocycles. The Morgan fingerprint density at radius 1 is 1.07 bits per heavy atom. The first-order valence-electron chi connectivity index (χ1n) is 9.73. The lowest BCUT2D eigenvalue weighted by atomic mass is 9.77. The molecule has 2 aromatic rings. The Labute approximate surface area is 163 Å². The highest BCUT2D eigenvalue weighted by Crippen LogP contribution is 2.37. The largest absolute Gasteiger partial charge is 0.420 e. The Morgan fingerprint density at radius 3 is 2.36 bits per heavy atom. The Morgan fingerprint density at radius 2 is 1.75 bits per heavy atom. The zero-order chi connectivity index (χ0) is 20.1. The highest BCUT2D eigenvalue weighted by Gasteiger charge is 2.22. The average Bonchev–Trinajstić information content (AvgIpc) is 2.72. The van der Waals surface area contributed by atoms with Crippen molar-refractivity contribution in [1.29, 1.82) is 5.26 Å². The third kappa shape index (κ3) is 4.39. The topological polar surface area (TPSA) is 50.1 Å². The second-order valence-electron chi connectivity index (χ2n) is 7.37. The fraction of sp³-hybridized carbons (Fsp3) is 0.391. The fourth-order valence-corrected chi connectivity index (χ4v) is 3.94. The summed E-state index contributed by atoms with van der Waals surface area (Å²) in [6.07, 6.45) is 7.33. The van der Waals surface area contributed by atoms with E-state index in [1.807, 2.05) is 12.1 Å². The molecule has 0 atom stereocenters. The number of nitrogens with zero attached hydrogens (tertiary/aromatic N) is 1. The average molecular weight is 383 g/mol. The SMILES string of the molecule is CCC[C@H]1CC[C@H](c2ccc(C(=O)Oc3ccc(C#N)c(F)c3F)cc2)CC1. The van der Waals surface area contributed by atoms with E-state index in [0.717, 1.165) is 30.9 Å². The van der Waals surface area contributed by atoms with Crippen molar-refractivity contribution in [3.63, 3.8) is 0 Å². The van der Waals surface area contributed by atoms with E-state index < -0.39 is 28.9 Å². The number of carbonyl (C=O) groups excluding carboxylic acids is 1. The number of hydrogen-bond donors (Lipinski definition) is 0. The number of ether oxygens (including phenoxy) is 1. The fourth-order valence-electron chi connectivity index (χ4n) is 3.94. The summed E-state index contributed by atoms with van der Waals surface area (Å²) in [5, 5.41) is 8.70. The van der Waals surface area contributed by atoms with E-state index in [1.54, 1.807) is 12.1 Å². The van der Waals surface area contributed by atoms with E-state index in [0.29, 0.717) is 5.92 Å². The van der Waals surface area contributed by atoms with Crippen molar-refractivity contribution in [2.45, 2.75) is 51.4 Å². The molecule has 5 heteroatoms. The second-order valence-corrected chi connectivity index (χ2v) is 7.37. The van der Waals surface area contributed by atoms with Crippen LogP contribution in [-0.4, -0.2) is 5.97 Å². The predicted molar refractivity (Wildman–Crippen MR) is 102 cm³/mol. The van der Waals surface area contributed by atoms with Gasteiger partial charge >= 0.3 is 5.97 Å². The van der Waals surface area contributed by atoms with Crippen LogP contribution in [0.3, 0.4) is 0 Å². The third-order valence-electron chi connectivity index (χ3n) is 5.53. The van der Waals surface area contributed by atoms with E-state index in [4.69, 9.17) is 10.00 Å². The molecule has 0 aromatic heterocycles. The van der Waals surface area contributed by atoms with E-state index in [2.05, 4.69) is 6.92 Å². The second kappa shape index (κ2) is 8.97. The van der Waals surface area contributed by atoms with Crippen LogP contribution in [0.5, 0.6) is 5.75 Å². The molecule has 0 saturated heterocycles. The molecule has 2 aromatic carbocycles. The van der Waals surface area contributed by atoms with Gasteiger partial charge in [0.2, 0.25) is 5.82 Å². The number of esters is 1. The van der Waals surface area contributed by atoms with Gasteiger partial charge in [0.1, 0.15) is 6.07 Å². The minimum atomic E-state index is -1.34. The highest BCUT2D eigenvalue weighted by molar-refractivity contribution is 5.91. The van der Waals surface area contributed by atoms with E-state index >= 15 is 0 Å². The molecule has 28 heavy (non-hydrogen) atoms. The van der Waals surface area contributed by atoms with Crippen molar-refractivity contribution in [3.05, 3.63) is 64.7 Å². The van der Waals surface area contributed by atoms with Crippen molar-refractivity contribution in [3.8, 4) is 11.8 Å². The van der Waals surface area contributed by atoms with Gasteiger partial charge in [-0.25, -0.2) is 9.18 Å². The monoisotopic (exact) mass is 383 g/mol. The molecule has 146 valence electrons. The number of hydrogen-bond acceptors (Lipinski definition) is 3. The molecule has 0 spiro atoms. The molecule has 0 amide bonds. The van der Waals surface area contributed by atoms with Crippen LogP contribution < -0.4 is 4.74 Å². The van der Waals surface area contributed by atoms with Crippen molar-refractivity contribution >= 4 is 5.97 Å². The third-order valence-corrected chi connectivity index (χ3v) is 5.53. The van der Waals surface area contributed by atoms with Crippen LogP contribution >= 0.6 is 0 Å². The Bertz CT molecular complexity index is 879. The summed E-state index contributed by atoms with van der Waals surface area (Å²) in [6.45, 7) is 2.22. The number of halogens is 2. The number of nitriles is 1. The molecule has 3 rings (SSSR count). The maximum atomic E-state index is 13.9. The molecule has 0 unspecified atom stereocenters. The van der Waals surface area contributed by atoms with Gasteiger partial charge in [0.25, 0.3) is 0 Å². The van der Waals surface area contributed by atoms with Crippen LogP contribution in [-0.2, 0) is 0 Å². The van der Waals surface area contributed by atoms with Crippen LogP contribution in [0.25, 0.3) is 0 Å². The molecular weight excluding hydrogens is 360 g/mol. The number of benzene rings is 2. The molecular formula is C23H23F2NO2. The summed E-state index contributed by atoms with van der Waals surface area (Å²) in [5.41, 5.74) is 1.03. The predicted octanol–water partition coefficient (Wildman–Crippen LogP) is 6.13. The quantitative estimate of drug-likeness (QED) is 0.461. The van der Waals surface area contributed by atoms with Crippen LogP contribution in [0.4, 0.5) is 8.78 Å². The Balaban J connectivity index is 1.65. The van der Waals surface area contributed by atoms with Gasteiger partial charge in [0.15, 0.2) is 11.6 Å². The van der Waals surface area contributed by atoms with Crippen LogP contribution in [0.1, 0.15) is 72.9 Å². The van der Waals surface area contributed by atoms with E-state index in [1.165, 1.54) is 37.3 Å². The van der Waals surface area contributed by atoms with Crippen LogP contribution in [0, 0.1) is 28.9 Å². The molecule has 0 bridgehead atoms. The summed E-state index contributed by atoms with van der Waals surface area (Å²) < 4.78 is 32.6. The van der Waals surface area contributed by atoms with Gasteiger partial charge in [-0.15, -0.1) is 0 Å². The Kier molecular flexibility index (Phi) is 6.41. The first kappa shape index (κ1) is 20.0. The van der Waals surface area contributed by atoms with Crippen LogP contribution in [0.2, 0.25) is 0 Å². The van der Waals surface area contributed by atoms with Crippen molar-refractivity contribution in [2.24, 2.45) is 5.92 Å². The van der Waals surface area contributed by atoms with Gasteiger partial charge in [0, 0.05) is 0 Å². The molecule has 1 saturated carbocycles. The van der Waals surface area contributed by atoms with Gasteiger partial charge in [-0.1, -0.05) is 31.9 Å². The summed E-state index contributed by atoms with van der Waals surface area (Å²) >= 11 is 0. The van der Waals surface area contributed by atoms with Gasteiger partial charge in [-0.2, -0.15) is 9.65 Å². The normalized spacial score (nSPS) is 19.1. The summed E-state index contributed by atoms with van der Waals surface area (Å²) in [6, 6.07) is 10.9. The highest BCUT2D eigenvalue weighted by atomic mass is 19.2. The first-order valence-corrected chi connectivity index (χ1v) is 9.73. The standard InChI is InChI=1S/C23H23F2NO2/c1-2-3-15-4-6-16(7-5-15)17-8-10-18(11-9-17)23(27)28-20-13-12-19(14-26)21(24)22(20)25/h8-13,15-16H,2-7H2,1H3/t15-,16-. The molecule has 1 fully saturated rings. The van der Waals surface area contributed by atoms with E-state index in [-0.39, 0.29) is 5.56 Å². The Hall–Kier alpha value is -2.74. The summed E-state index contributed by atoms with van der Waals surface area (Å²) in [4.78, 5) is 12.3. The van der Waals surface area contributed by atoms with Gasteiger partial charge in [-0.05, 0) is 67.3 Å². The van der Waals surface area contributed by atoms with Crippen molar-refractivity contribution in [1.82, 2.24) is 0 Å². The summed E-state index contributed by atoms with van der Waals surface area (Å²) in [7, 11) is 0.